The van der Waals surface area contributed by atoms with E-state index in [2.05, 4.69) is 20.0 Å². The Hall–Kier alpha value is -3.70. The van der Waals surface area contributed by atoms with Gasteiger partial charge in [-0.2, -0.15) is 10.2 Å². The average molecular weight is 426 g/mol. The minimum absolute atomic E-state index is 0.0230. The van der Waals surface area contributed by atoms with E-state index in [1.54, 1.807) is 44.2 Å². The largest absolute Gasteiger partial charge is 0.347 e. The number of carbonyl (C=O) groups excluding carboxylic acids is 1. The van der Waals surface area contributed by atoms with Crippen molar-refractivity contribution in [2.75, 3.05) is 20.2 Å². The second-order valence-electron chi connectivity index (χ2n) is 6.62. The molecule has 2 aromatic carbocycles. The van der Waals surface area contributed by atoms with Crippen molar-refractivity contribution in [2.45, 2.75) is 18.7 Å². The van der Waals surface area contributed by atoms with Crippen LogP contribution in [0.5, 0.6) is 0 Å². The third kappa shape index (κ3) is 3.63. The molecule has 0 fully saturated rings. The summed E-state index contributed by atoms with van der Waals surface area (Å²) in [6, 6.07) is 13.3. The second-order valence-corrected chi connectivity index (χ2v) is 8.30. The number of para-hydroxylation sites is 2. The fourth-order valence-electron chi connectivity index (χ4n) is 3.06. The van der Waals surface area contributed by atoms with Crippen molar-refractivity contribution in [3.05, 3.63) is 66.0 Å². The first-order valence-electron chi connectivity index (χ1n) is 8.89. The lowest BCUT2D eigenvalue weighted by molar-refractivity contribution is 0.221. The van der Waals surface area contributed by atoms with Crippen LogP contribution in [0.2, 0.25) is 0 Å². The van der Waals surface area contributed by atoms with Crippen LogP contribution in [0.4, 0.5) is 27.8 Å². The fraction of sp³-hybridized carbons (Fsp3) is 0.105. The average Bonchev–Trinajstić information content (AvgIpc) is 2.67. The Balaban J connectivity index is 1.60. The first-order chi connectivity index (χ1) is 14.2. The maximum absolute atomic E-state index is 12.7. The number of hydrogen-bond donors (Lipinski definition) is 3. The van der Waals surface area contributed by atoms with E-state index < -0.39 is 16.1 Å². The van der Waals surface area contributed by atoms with E-state index in [-0.39, 0.29) is 16.5 Å². The van der Waals surface area contributed by atoms with Gasteiger partial charge in [-0.1, -0.05) is 12.1 Å². The molecule has 4 rings (SSSR count). The van der Waals surface area contributed by atoms with Gasteiger partial charge in [0.05, 0.1) is 16.3 Å². The Morgan fingerprint density at radius 1 is 1.00 bits per heavy atom. The molecule has 2 amide bonds. The van der Waals surface area contributed by atoms with Crippen LogP contribution in [-0.2, 0) is 10.0 Å². The summed E-state index contributed by atoms with van der Waals surface area (Å²) in [6.45, 7) is 3.48. The highest BCUT2D eigenvalue weighted by atomic mass is 32.2. The summed E-state index contributed by atoms with van der Waals surface area (Å²) in [7, 11) is -3.94. The number of aryl methyl sites for hydroxylation is 2. The van der Waals surface area contributed by atoms with E-state index in [1.807, 2.05) is 0 Å². The van der Waals surface area contributed by atoms with Crippen molar-refractivity contribution in [1.29, 1.82) is 0 Å². The molecule has 2 heterocycles. The Bertz CT molecular complexity index is 1210. The van der Waals surface area contributed by atoms with Gasteiger partial charge in [-0.15, -0.1) is 0 Å². The molecule has 30 heavy (non-hydrogen) atoms. The highest BCUT2D eigenvalue weighted by Crippen LogP contribution is 2.33. The lowest BCUT2D eigenvalue weighted by Gasteiger charge is -2.36. The normalized spacial score (nSPS) is 13.6. The van der Waals surface area contributed by atoms with E-state index in [0.717, 1.165) is 5.01 Å². The minimum atomic E-state index is -3.94. The molecule has 0 unspecified atom stereocenters. The number of benzene rings is 2. The summed E-state index contributed by atoms with van der Waals surface area (Å²) in [4.78, 5) is 20.5. The molecule has 0 radical (unpaired) electrons. The molecule has 0 saturated heterocycles. The van der Waals surface area contributed by atoms with Crippen LogP contribution in [0.3, 0.4) is 0 Å². The van der Waals surface area contributed by atoms with Crippen molar-refractivity contribution in [2.24, 2.45) is 0 Å². The molecule has 0 spiro atoms. The number of nitrogens with zero attached hydrogens (tertiary/aromatic N) is 4. The maximum atomic E-state index is 12.7. The predicted molar refractivity (Wildman–Crippen MR) is 111 cm³/mol. The Morgan fingerprint density at radius 3 is 2.30 bits per heavy atom. The molecule has 0 aliphatic carbocycles. The first kappa shape index (κ1) is 19.6. The molecule has 11 heteroatoms. The number of nitrogens with one attached hydrogen (secondary N) is 2. The van der Waals surface area contributed by atoms with Crippen molar-refractivity contribution >= 4 is 39.1 Å². The maximum Gasteiger partial charge on any atom is 0.347 e. The van der Waals surface area contributed by atoms with Gasteiger partial charge in [0.1, 0.15) is 5.69 Å². The first-order valence-corrected chi connectivity index (χ1v) is 10.4. The highest BCUT2D eigenvalue weighted by molar-refractivity contribution is 7.92. The van der Waals surface area contributed by atoms with Crippen molar-refractivity contribution in [3.63, 3.8) is 0 Å². The third-order valence-corrected chi connectivity index (χ3v) is 5.69. The summed E-state index contributed by atoms with van der Waals surface area (Å²) in [5.41, 5.74) is 2.37. The zero-order chi connectivity index (χ0) is 21.5. The molecule has 3 aromatic rings. The van der Waals surface area contributed by atoms with Crippen molar-refractivity contribution in [3.8, 4) is 0 Å². The standard InChI is InChI=1S/C19H18N6O4S/c1-12-11-13(2)21-18(20-12)23-30(28,29)15-9-7-14(8-10-15)24-19(26)22-16-5-3-4-6-17(16)25(24)27/h3-11,27H,1-2H3,(H,22,26)(H,20,21,23). The SMILES string of the molecule is Cc1cc(C)nc(NS(=O)(=O)c2ccc(N3C(=O)Nc4ccccc4N3O)cc2)n1. The predicted octanol–water partition coefficient (Wildman–Crippen LogP) is 3.06. The Labute approximate surface area is 172 Å². The van der Waals surface area contributed by atoms with Crippen LogP contribution < -0.4 is 20.2 Å². The second kappa shape index (κ2) is 7.28. The number of aromatic nitrogens is 2. The topological polar surface area (TPSA) is 128 Å². The van der Waals surface area contributed by atoms with Crippen LogP contribution in [0, 0.1) is 13.8 Å². The molecule has 154 valence electrons. The van der Waals surface area contributed by atoms with Gasteiger partial charge in [-0.3, -0.25) is 5.21 Å². The van der Waals surface area contributed by atoms with E-state index in [4.69, 9.17) is 0 Å². The number of urea groups is 1. The van der Waals surface area contributed by atoms with Gasteiger partial charge in [-0.05, 0) is 56.3 Å². The fourth-order valence-corrected chi connectivity index (χ4v) is 4.00. The van der Waals surface area contributed by atoms with Gasteiger partial charge in [0, 0.05) is 11.4 Å². The smallest absolute Gasteiger partial charge is 0.304 e. The van der Waals surface area contributed by atoms with Gasteiger partial charge < -0.3 is 5.32 Å². The lowest BCUT2D eigenvalue weighted by atomic mass is 10.2. The molecular weight excluding hydrogens is 408 g/mol. The number of amides is 2. The Kier molecular flexibility index (Phi) is 4.76. The number of rotatable bonds is 4. The zero-order valence-electron chi connectivity index (χ0n) is 16.1. The van der Waals surface area contributed by atoms with Crippen LogP contribution in [0.1, 0.15) is 11.4 Å². The van der Waals surface area contributed by atoms with E-state index in [1.165, 1.54) is 24.3 Å². The van der Waals surface area contributed by atoms with Crippen LogP contribution in [0.25, 0.3) is 0 Å². The molecular formula is C19H18N6O4S. The molecule has 0 bridgehead atoms. The number of hydrazine groups is 1. The van der Waals surface area contributed by atoms with Gasteiger partial charge in [0.2, 0.25) is 5.95 Å². The lowest BCUT2D eigenvalue weighted by Crippen LogP contribution is -2.50. The zero-order valence-corrected chi connectivity index (χ0v) is 16.9. The van der Waals surface area contributed by atoms with Crippen LogP contribution in [0.15, 0.2) is 59.5 Å². The van der Waals surface area contributed by atoms with Crippen molar-refractivity contribution in [1.82, 2.24) is 9.97 Å². The number of hydrogen-bond acceptors (Lipinski definition) is 7. The van der Waals surface area contributed by atoms with Crippen LogP contribution >= 0.6 is 0 Å². The van der Waals surface area contributed by atoms with Gasteiger partial charge >= 0.3 is 6.03 Å². The number of carbonyl (C=O) groups is 1. The molecule has 3 N–H and O–H groups in total. The van der Waals surface area contributed by atoms with Crippen LogP contribution in [-0.4, -0.2) is 29.6 Å². The highest BCUT2D eigenvalue weighted by Gasteiger charge is 2.30. The van der Waals surface area contributed by atoms with Gasteiger partial charge in [0.15, 0.2) is 0 Å². The molecule has 1 aromatic heterocycles. The molecule has 1 aliphatic heterocycles. The number of sulfonamides is 1. The molecule has 0 saturated carbocycles. The van der Waals surface area contributed by atoms with E-state index in [0.29, 0.717) is 27.9 Å². The Morgan fingerprint density at radius 2 is 1.63 bits per heavy atom. The molecule has 10 nitrogen and oxygen atoms in total. The van der Waals surface area contributed by atoms with Gasteiger partial charge in [-0.25, -0.2) is 27.9 Å². The molecule has 0 atom stereocenters. The van der Waals surface area contributed by atoms with E-state index >= 15 is 0 Å². The quantitative estimate of drug-likeness (QED) is 0.585. The monoisotopic (exact) mass is 426 g/mol. The summed E-state index contributed by atoms with van der Waals surface area (Å²) in [5.74, 6) is -0.0230. The summed E-state index contributed by atoms with van der Waals surface area (Å²) < 4.78 is 27.7. The summed E-state index contributed by atoms with van der Waals surface area (Å²) in [6.07, 6.45) is 0. The molecule has 1 aliphatic rings. The number of fused-ring (bicyclic) bond motifs is 1. The number of anilines is 4. The minimum Gasteiger partial charge on any atom is -0.304 e. The van der Waals surface area contributed by atoms with Gasteiger partial charge in [0.25, 0.3) is 10.0 Å². The third-order valence-electron chi connectivity index (χ3n) is 4.34. The summed E-state index contributed by atoms with van der Waals surface area (Å²) in [5, 5.41) is 14.8. The van der Waals surface area contributed by atoms with Crippen molar-refractivity contribution < 1.29 is 18.4 Å². The van der Waals surface area contributed by atoms with E-state index in [9.17, 15) is 18.4 Å². The summed E-state index contributed by atoms with van der Waals surface area (Å²) >= 11 is 0.